The maximum Gasteiger partial charge on any atom is 0.315 e. The molecule has 21 heavy (non-hydrogen) atoms. The molecule has 6 heteroatoms. The minimum absolute atomic E-state index is 0.0566. The maximum absolute atomic E-state index is 11.8. The molecule has 1 aromatic heterocycles. The molecule has 3 N–H and O–H groups in total. The number of nitrogens with one attached hydrogen (secondary N) is 2. The SMILES string of the molecule is C[C@H](CCO)NC(=O)NCc1ccccc1-n1ccnc1. The van der Waals surface area contributed by atoms with Crippen LogP contribution in [0.4, 0.5) is 4.79 Å². The lowest BCUT2D eigenvalue weighted by atomic mass is 10.1. The average molecular weight is 288 g/mol. The highest BCUT2D eigenvalue weighted by Gasteiger charge is 2.08. The average Bonchev–Trinajstić information content (AvgIpc) is 2.99. The maximum atomic E-state index is 11.8. The lowest BCUT2D eigenvalue weighted by molar-refractivity contribution is 0.230. The van der Waals surface area contributed by atoms with Gasteiger partial charge in [-0.2, -0.15) is 0 Å². The van der Waals surface area contributed by atoms with E-state index in [-0.39, 0.29) is 18.7 Å². The Kier molecular flexibility index (Phi) is 5.34. The highest BCUT2D eigenvalue weighted by atomic mass is 16.3. The monoisotopic (exact) mass is 288 g/mol. The van der Waals surface area contributed by atoms with Crippen molar-refractivity contribution in [3.05, 3.63) is 48.5 Å². The van der Waals surface area contributed by atoms with Crippen LogP contribution in [-0.4, -0.2) is 33.3 Å². The van der Waals surface area contributed by atoms with Gasteiger partial charge in [0.05, 0.1) is 12.0 Å². The standard InChI is InChI=1S/C15H20N4O2/c1-12(6-9-20)18-15(21)17-10-13-4-2-3-5-14(13)19-8-7-16-11-19/h2-5,7-8,11-12,20H,6,9-10H2,1H3,(H2,17,18,21)/t12-/m1/s1. The molecule has 0 radical (unpaired) electrons. The summed E-state index contributed by atoms with van der Waals surface area (Å²) in [5, 5.41) is 14.4. The van der Waals surface area contributed by atoms with E-state index < -0.39 is 0 Å². The Balaban J connectivity index is 1.96. The Bertz CT molecular complexity index is 569. The number of aromatic nitrogens is 2. The second-order valence-corrected chi connectivity index (χ2v) is 4.84. The Morgan fingerprint density at radius 1 is 1.43 bits per heavy atom. The number of benzene rings is 1. The van der Waals surface area contributed by atoms with Crippen molar-refractivity contribution in [1.82, 2.24) is 20.2 Å². The number of carbonyl (C=O) groups excluding carboxylic acids is 1. The highest BCUT2D eigenvalue weighted by Crippen LogP contribution is 2.13. The second-order valence-electron chi connectivity index (χ2n) is 4.84. The molecule has 0 aliphatic heterocycles. The first kappa shape index (κ1) is 15.1. The van der Waals surface area contributed by atoms with E-state index in [1.807, 2.05) is 42.0 Å². The van der Waals surface area contributed by atoms with Gasteiger partial charge in [-0.25, -0.2) is 9.78 Å². The molecule has 0 fully saturated rings. The van der Waals surface area contributed by atoms with Gasteiger partial charge in [0, 0.05) is 31.6 Å². The lowest BCUT2D eigenvalue weighted by Crippen LogP contribution is -2.40. The van der Waals surface area contributed by atoms with Gasteiger partial charge in [-0.1, -0.05) is 18.2 Å². The fourth-order valence-corrected chi connectivity index (χ4v) is 2.03. The minimum atomic E-state index is -0.239. The molecular formula is C15H20N4O2. The molecule has 0 saturated heterocycles. The number of carbonyl (C=O) groups is 1. The van der Waals surface area contributed by atoms with Crippen molar-refractivity contribution in [3.63, 3.8) is 0 Å². The van der Waals surface area contributed by atoms with Crippen LogP contribution >= 0.6 is 0 Å². The number of hydrogen-bond donors (Lipinski definition) is 3. The van der Waals surface area contributed by atoms with Crippen molar-refractivity contribution < 1.29 is 9.90 Å². The lowest BCUT2D eigenvalue weighted by Gasteiger charge is -2.15. The third kappa shape index (κ3) is 4.32. The Morgan fingerprint density at radius 3 is 2.95 bits per heavy atom. The van der Waals surface area contributed by atoms with Crippen LogP contribution in [0.15, 0.2) is 43.0 Å². The van der Waals surface area contributed by atoms with Crippen LogP contribution in [0.1, 0.15) is 18.9 Å². The molecular weight excluding hydrogens is 268 g/mol. The van der Waals surface area contributed by atoms with Crippen molar-refractivity contribution in [1.29, 1.82) is 0 Å². The van der Waals surface area contributed by atoms with Gasteiger partial charge in [0.2, 0.25) is 0 Å². The second kappa shape index (κ2) is 7.44. The summed E-state index contributed by atoms with van der Waals surface area (Å²) in [5.74, 6) is 0. The van der Waals surface area contributed by atoms with Gasteiger partial charge in [-0.05, 0) is 25.0 Å². The first-order valence-corrected chi connectivity index (χ1v) is 6.92. The molecule has 0 unspecified atom stereocenters. The van der Waals surface area contributed by atoms with Crippen molar-refractivity contribution in [2.45, 2.75) is 25.9 Å². The molecule has 0 aliphatic rings. The zero-order valence-corrected chi connectivity index (χ0v) is 12.0. The van der Waals surface area contributed by atoms with Gasteiger partial charge < -0.3 is 20.3 Å². The number of aliphatic hydroxyl groups is 1. The number of amides is 2. The third-order valence-electron chi connectivity index (χ3n) is 3.15. The van der Waals surface area contributed by atoms with E-state index in [4.69, 9.17) is 5.11 Å². The Morgan fingerprint density at radius 2 is 2.24 bits per heavy atom. The summed E-state index contributed by atoms with van der Waals surface area (Å²) >= 11 is 0. The van der Waals surface area contributed by atoms with Crippen LogP contribution in [0.3, 0.4) is 0 Å². The van der Waals surface area contributed by atoms with E-state index in [2.05, 4.69) is 15.6 Å². The molecule has 1 aromatic carbocycles. The molecule has 0 aliphatic carbocycles. The smallest absolute Gasteiger partial charge is 0.315 e. The van der Waals surface area contributed by atoms with E-state index >= 15 is 0 Å². The van der Waals surface area contributed by atoms with Crippen LogP contribution < -0.4 is 10.6 Å². The highest BCUT2D eigenvalue weighted by molar-refractivity contribution is 5.74. The summed E-state index contributed by atoms with van der Waals surface area (Å²) in [7, 11) is 0. The molecule has 2 aromatic rings. The van der Waals surface area contributed by atoms with Gasteiger partial charge in [-0.3, -0.25) is 0 Å². The molecule has 2 rings (SSSR count). The van der Waals surface area contributed by atoms with E-state index in [0.717, 1.165) is 11.3 Å². The number of para-hydroxylation sites is 1. The van der Waals surface area contributed by atoms with Gasteiger partial charge >= 0.3 is 6.03 Å². The quantitative estimate of drug-likeness (QED) is 0.752. The van der Waals surface area contributed by atoms with Gasteiger partial charge in [0.15, 0.2) is 0 Å². The predicted octanol–water partition coefficient (Wildman–Crippen LogP) is 1.44. The van der Waals surface area contributed by atoms with E-state index in [1.165, 1.54) is 0 Å². The number of hydrogen-bond acceptors (Lipinski definition) is 3. The van der Waals surface area contributed by atoms with Crippen molar-refractivity contribution >= 4 is 6.03 Å². The fourth-order valence-electron chi connectivity index (χ4n) is 2.03. The first-order valence-electron chi connectivity index (χ1n) is 6.92. The molecule has 0 saturated carbocycles. The molecule has 0 spiro atoms. The van der Waals surface area contributed by atoms with Crippen LogP contribution in [0, 0.1) is 0 Å². The zero-order valence-electron chi connectivity index (χ0n) is 12.0. The van der Waals surface area contributed by atoms with Gasteiger partial charge in [0.1, 0.15) is 0 Å². The third-order valence-corrected chi connectivity index (χ3v) is 3.15. The number of urea groups is 1. The first-order chi connectivity index (χ1) is 10.2. The molecule has 1 heterocycles. The van der Waals surface area contributed by atoms with Crippen LogP contribution in [0.5, 0.6) is 0 Å². The van der Waals surface area contributed by atoms with E-state index in [1.54, 1.807) is 12.5 Å². The van der Waals surface area contributed by atoms with Gasteiger partial charge in [0.25, 0.3) is 0 Å². The summed E-state index contributed by atoms with van der Waals surface area (Å²) in [6.45, 7) is 2.34. The summed E-state index contributed by atoms with van der Waals surface area (Å²) in [5.41, 5.74) is 1.99. The molecule has 6 nitrogen and oxygen atoms in total. The minimum Gasteiger partial charge on any atom is -0.396 e. The number of imidazole rings is 1. The summed E-state index contributed by atoms with van der Waals surface area (Å²) < 4.78 is 1.91. The predicted molar refractivity (Wildman–Crippen MR) is 80.1 cm³/mol. The van der Waals surface area contributed by atoms with Crippen LogP contribution in [0.25, 0.3) is 5.69 Å². The normalized spacial score (nSPS) is 11.9. The molecule has 1 atom stereocenters. The van der Waals surface area contributed by atoms with E-state index in [0.29, 0.717) is 13.0 Å². The number of aliphatic hydroxyl groups excluding tert-OH is 1. The molecule has 112 valence electrons. The number of rotatable bonds is 6. The number of nitrogens with zero attached hydrogens (tertiary/aromatic N) is 2. The summed E-state index contributed by atoms with van der Waals surface area (Å²) in [6.07, 6.45) is 5.84. The van der Waals surface area contributed by atoms with Gasteiger partial charge in [-0.15, -0.1) is 0 Å². The van der Waals surface area contributed by atoms with Crippen molar-refractivity contribution in [2.75, 3.05) is 6.61 Å². The Hall–Kier alpha value is -2.34. The fraction of sp³-hybridized carbons (Fsp3) is 0.333. The topological polar surface area (TPSA) is 79.2 Å². The molecule has 2 amide bonds. The Labute approximate surface area is 123 Å². The van der Waals surface area contributed by atoms with Crippen LogP contribution in [-0.2, 0) is 6.54 Å². The van der Waals surface area contributed by atoms with Crippen LogP contribution in [0.2, 0.25) is 0 Å². The molecule has 0 bridgehead atoms. The zero-order chi connectivity index (χ0) is 15.1. The largest absolute Gasteiger partial charge is 0.396 e. The summed E-state index contributed by atoms with van der Waals surface area (Å²) in [4.78, 5) is 15.8. The van der Waals surface area contributed by atoms with E-state index in [9.17, 15) is 4.79 Å². The van der Waals surface area contributed by atoms with Crippen molar-refractivity contribution in [3.8, 4) is 5.69 Å². The van der Waals surface area contributed by atoms with Crippen molar-refractivity contribution in [2.24, 2.45) is 0 Å². The summed E-state index contributed by atoms with van der Waals surface area (Å²) in [6, 6.07) is 7.53.